The first-order valence-corrected chi connectivity index (χ1v) is 16.3. The van der Waals surface area contributed by atoms with Crippen LogP contribution in [0.2, 0.25) is 18.1 Å². The number of ether oxygens (including phenoxy) is 3. The van der Waals surface area contributed by atoms with Gasteiger partial charge in [-0.15, -0.1) is 11.5 Å². The first-order chi connectivity index (χ1) is 16.2. The van der Waals surface area contributed by atoms with Crippen LogP contribution in [0.25, 0.3) is 0 Å². The van der Waals surface area contributed by atoms with Crippen LogP contribution in [0.15, 0.2) is 15.0 Å². The summed E-state index contributed by atoms with van der Waals surface area (Å²) in [6.07, 6.45) is 0.441. The average Bonchev–Trinajstić information content (AvgIpc) is 3.51. The van der Waals surface area contributed by atoms with Gasteiger partial charge >= 0.3 is 0 Å². The monoisotopic (exact) mass is 501 g/mol. The molecule has 0 spiro atoms. The second kappa shape index (κ2) is 10.3. The van der Waals surface area contributed by atoms with Crippen molar-refractivity contribution in [2.45, 2.75) is 105 Å². The number of nitrogens with zero attached hydrogens (tertiary/aromatic N) is 3. The van der Waals surface area contributed by atoms with Gasteiger partial charge in [-0.05, 0) is 22.8 Å². The predicted molar refractivity (Wildman–Crippen MR) is 148 cm³/mol. The second-order valence-corrected chi connectivity index (χ2v) is 17.9. The highest BCUT2D eigenvalue weighted by Gasteiger charge is 2.56. The lowest BCUT2D eigenvalue weighted by Gasteiger charge is -2.32. The molecule has 35 heavy (non-hydrogen) atoms. The van der Waals surface area contributed by atoms with Crippen molar-refractivity contribution in [3.8, 4) is 11.5 Å². The zero-order chi connectivity index (χ0) is 26.2. The molecule has 3 atom stereocenters. The maximum atomic E-state index is 6.33. The van der Waals surface area contributed by atoms with Crippen molar-refractivity contribution < 1.29 is 14.2 Å². The first-order valence-electron chi connectivity index (χ1n) is 13.3. The average molecular weight is 502 g/mol. The summed E-state index contributed by atoms with van der Waals surface area (Å²) in [5.74, 6) is 6.48. The summed E-state index contributed by atoms with van der Waals surface area (Å²) in [4.78, 5) is 15.2. The minimum absolute atomic E-state index is 0.0866. The van der Waals surface area contributed by atoms with E-state index in [4.69, 9.17) is 29.2 Å². The first kappa shape index (κ1) is 27.8. The van der Waals surface area contributed by atoms with Crippen LogP contribution in [0, 0.1) is 34.6 Å². The van der Waals surface area contributed by atoms with Crippen molar-refractivity contribution in [1.29, 1.82) is 0 Å². The zero-order valence-electron chi connectivity index (χ0n) is 23.9. The van der Waals surface area contributed by atoms with Crippen LogP contribution in [-0.2, 0) is 14.2 Å². The lowest BCUT2D eigenvalue weighted by molar-refractivity contribution is 0.236. The highest BCUT2D eigenvalue weighted by atomic mass is 28.3. The van der Waals surface area contributed by atoms with Crippen LogP contribution in [0.3, 0.4) is 0 Å². The molecule has 3 aliphatic rings. The van der Waals surface area contributed by atoms with Gasteiger partial charge < -0.3 is 14.2 Å². The minimum Gasteiger partial charge on any atom is -0.478 e. The van der Waals surface area contributed by atoms with E-state index in [-0.39, 0.29) is 23.2 Å². The maximum Gasteiger partial charge on any atom is 0.210 e. The Morgan fingerprint density at radius 3 is 1.34 bits per heavy atom. The van der Waals surface area contributed by atoms with Crippen LogP contribution in [-0.4, -0.2) is 63.7 Å². The topological polar surface area (TPSA) is 64.8 Å². The van der Waals surface area contributed by atoms with Gasteiger partial charge in [-0.25, -0.2) is 15.0 Å². The molecule has 0 aromatic heterocycles. The molecule has 0 N–H and O–H groups in total. The lowest BCUT2D eigenvalue weighted by Crippen LogP contribution is -2.47. The molecule has 0 unspecified atom stereocenters. The Labute approximate surface area is 214 Å². The Balaban J connectivity index is 2.18. The van der Waals surface area contributed by atoms with Gasteiger partial charge in [0.25, 0.3) is 0 Å². The molecule has 7 heteroatoms. The van der Waals surface area contributed by atoms with E-state index >= 15 is 0 Å². The summed E-state index contributed by atoms with van der Waals surface area (Å²) in [5.41, 5.74) is 2.75. The standard InChI is InChI=1S/C28H47N3O3Si/c1-18(2)21-15-32-24(29-21)28(25-30-22(16-33-25)19(3)4,26-31-23(17-34-26)20(5)6)13-12-14-35(10,11)27(7,8)9/h18-23H,13,15-17H2,1-11H3/t21-,22-,23-/m1/s1. The summed E-state index contributed by atoms with van der Waals surface area (Å²) in [7, 11) is -1.82. The molecule has 3 heterocycles. The van der Waals surface area contributed by atoms with Crippen LogP contribution in [0.1, 0.15) is 68.7 Å². The Kier molecular flexibility index (Phi) is 8.16. The van der Waals surface area contributed by atoms with E-state index in [2.05, 4.69) is 86.9 Å². The largest absolute Gasteiger partial charge is 0.478 e. The third-order valence-corrected chi connectivity index (χ3v) is 12.6. The minimum atomic E-state index is -1.82. The molecule has 0 bridgehead atoms. The molecular formula is C28H47N3O3Si. The van der Waals surface area contributed by atoms with Crippen LogP contribution in [0.4, 0.5) is 0 Å². The van der Waals surface area contributed by atoms with Crippen LogP contribution < -0.4 is 0 Å². The highest BCUT2D eigenvalue weighted by Crippen LogP contribution is 2.40. The molecule has 0 saturated carbocycles. The van der Waals surface area contributed by atoms with Crippen LogP contribution in [0.5, 0.6) is 0 Å². The zero-order valence-corrected chi connectivity index (χ0v) is 24.9. The van der Waals surface area contributed by atoms with Crippen molar-refractivity contribution >= 4 is 25.8 Å². The van der Waals surface area contributed by atoms with Crippen LogP contribution >= 0.6 is 0 Å². The van der Waals surface area contributed by atoms with Crippen molar-refractivity contribution in [3.63, 3.8) is 0 Å². The van der Waals surface area contributed by atoms with E-state index < -0.39 is 13.5 Å². The smallest absolute Gasteiger partial charge is 0.210 e. The molecule has 196 valence electrons. The fourth-order valence-corrected chi connectivity index (χ4v) is 4.88. The molecule has 3 aliphatic heterocycles. The summed E-state index contributed by atoms with van der Waals surface area (Å²) in [6, 6.07) is 0.260. The lowest BCUT2D eigenvalue weighted by atomic mass is 9.83. The molecule has 0 aromatic rings. The van der Waals surface area contributed by atoms with E-state index in [1.54, 1.807) is 0 Å². The van der Waals surface area contributed by atoms with Gasteiger partial charge in [0, 0.05) is 6.42 Å². The number of hydrogen-bond acceptors (Lipinski definition) is 6. The van der Waals surface area contributed by atoms with Gasteiger partial charge in [-0.2, -0.15) is 0 Å². The van der Waals surface area contributed by atoms with E-state index in [0.29, 0.717) is 61.7 Å². The molecule has 0 radical (unpaired) electrons. The quantitative estimate of drug-likeness (QED) is 0.328. The Morgan fingerprint density at radius 2 is 1.09 bits per heavy atom. The van der Waals surface area contributed by atoms with Gasteiger partial charge in [0.2, 0.25) is 23.1 Å². The third kappa shape index (κ3) is 5.63. The Hall–Kier alpha value is -1.81. The van der Waals surface area contributed by atoms with E-state index in [1.807, 2.05) is 0 Å². The molecular weight excluding hydrogens is 454 g/mol. The molecule has 0 aromatic carbocycles. The van der Waals surface area contributed by atoms with Gasteiger partial charge in [0.05, 0.1) is 18.1 Å². The SMILES string of the molecule is CC(C)[C@H]1COC(C(CC#C[Si](C)(C)C(C)(C)C)(C2=N[C@@H](C(C)C)CO2)C2=N[C@@H](C(C)C)CO2)=N1. The molecule has 0 fully saturated rings. The van der Waals surface area contributed by atoms with Crippen molar-refractivity contribution in [2.24, 2.45) is 38.1 Å². The third-order valence-electron chi connectivity index (χ3n) is 8.06. The molecule has 0 aliphatic carbocycles. The number of hydrogen-bond donors (Lipinski definition) is 0. The summed E-state index contributed by atoms with van der Waals surface area (Å²) in [6.45, 7) is 26.2. The summed E-state index contributed by atoms with van der Waals surface area (Å²) >= 11 is 0. The van der Waals surface area contributed by atoms with Crippen molar-refractivity contribution in [2.75, 3.05) is 19.8 Å². The second-order valence-electron chi connectivity index (χ2n) is 12.9. The van der Waals surface area contributed by atoms with Crippen molar-refractivity contribution in [1.82, 2.24) is 0 Å². The van der Waals surface area contributed by atoms with E-state index in [0.717, 1.165) is 0 Å². The van der Waals surface area contributed by atoms with Gasteiger partial charge in [0.1, 0.15) is 27.9 Å². The normalized spacial score (nSPS) is 25.1. The van der Waals surface area contributed by atoms with Gasteiger partial charge in [-0.3, -0.25) is 0 Å². The van der Waals surface area contributed by atoms with E-state index in [9.17, 15) is 0 Å². The van der Waals surface area contributed by atoms with Gasteiger partial charge in [-0.1, -0.05) is 75.4 Å². The summed E-state index contributed by atoms with van der Waals surface area (Å²) < 4.78 is 19.0. The fraction of sp³-hybridized carbons (Fsp3) is 0.821. The predicted octanol–water partition coefficient (Wildman–Crippen LogP) is 5.77. The number of rotatable bonds is 7. The maximum absolute atomic E-state index is 6.33. The Morgan fingerprint density at radius 1 is 0.743 bits per heavy atom. The summed E-state index contributed by atoms with van der Waals surface area (Å²) in [5, 5.41) is 0.168. The highest BCUT2D eigenvalue weighted by molar-refractivity contribution is 6.87. The molecule has 6 nitrogen and oxygen atoms in total. The van der Waals surface area contributed by atoms with Crippen molar-refractivity contribution in [3.05, 3.63) is 0 Å². The van der Waals surface area contributed by atoms with Gasteiger partial charge in [0.15, 0.2) is 0 Å². The molecule has 3 rings (SSSR count). The fourth-order valence-electron chi connectivity index (χ4n) is 3.98. The molecule has 0 amide bonds. The van der Waals surface area contributed by atoms with E-state index in [1.165, 1.54) is 0 Å². The Bertz CT molecular complexity index is 848. The number of aliphatic imine (C=N–C) groups is 3. The molecule has 0 saturated heterocycles.